The molecule has 0 spiro atoms. The fourth-order valence-electron chi connectivity index (χ4n) is 1.94. The number of benzene rings is 1. The van der Waals surface area contributed by atoms with Gasteiger partial charge in [0.2, 0.25) is 5.91 Å². The van der Waals surface area contributed by atoms with E-state index in [9.17, 15) is 4.79 Å². The molecule has 1 aliphatic heterocycles. The van der Waals surface area contributed by atoms with Crippen molar-refractivity contribution in [3.05, 3.63) is 29.8 Å². The first kappa shape index (κ1) is 10.0. The molecule has 1 aromatic rings. The van der Waals surface area contributed by atoms with Gasteiger partial charge in [-0.1, -0.05) is 12.1 Å². The van der Waals surface area contributed by atoms with Crippen LogP contribution in [0.25, 0.3) is 0 Å². The number of nitrogens with one attached hydrogen (secondary N) is 1. The van der Waals surface area contributed by atoms with Crippen LogP contribution < -0.4 is 10.1 Å². The van der Waals surface area contributed by atoms with Gasteiger partial charge in [-0.3, -0.25) is 4.79 Å². The first-order valence-electron chi connectivity index (χ1n) is 5.20. The normalized spacial score (nSPS) is 20.9. The number of ether oxygens (including phenoxy) is 1. The molecule has 80 valence electrons. The Morgan fingerprint density at radius 3 is 2.67 bits per heavy atom. The third kappa shape index (κ3) is 2.29. The molecule has 1 aliphatic rings. The van der Waals surface area contributed by atoms with Crippen LogP contribution in [0.15, 0.2) is 24.3 Å². The van der Waals surface area contributed by atoms with Gasteiger partial charge in [-0.05, 0) is 30.0 Å². The highest BCUT2D eigenvalue weighted by Gasteiger charge is 2.20. The van der Waals surface area contributed by atoms with Crippen LogP contribution in [0.2, 0.25) is 0 Å². The lowest BCUT2D eigenvalue weighted by molar-refractivity contribution is -0.122. The van der Waals surface area contributed by atoms with Gasteiger partial charge in [0, 0.05) is 13.0 Å². The summed E-state index contributed by atoms with van der Waals surface area (Å²) in [5, 5.41) is 2.84. The summed E-state index contributed by atoms with van der Waals surface area (Å²) < 4.78 is 5.10. The molecule has 15 heavy (non-hydrogen) atoms. The van der Waals surface area contributed by atoms with E-state index >= 15 is 0 Å². The van der Waals surface area contributed by atoms with E-state index in [2.05, 4.69) is 5.32 Å². The van der Waals surface area contributed by atoms with Crippen molar-refractivity contribution in [3.63, 3.8) is 0 Å². The van der Waals surface area contributed by atoms with Crippen molar-refractivity contribution in [2.24, 2.45) is 0 Å². The Hall–Kier alpha value is -1.51. The Balaban J connectivity index is 2.11. The number of methoxy groups -OCH3 is 1. The van der Waals surface area contributed by atoms with E-state index in [1.165, 1.54) is 5.56 Å². The lowest BCUT2D eigenvalue weighted by atomic mass is 9.90. The van der Waals surface area contributed by atoms with E-state index in [4.69, 9.17) is 4.74 Å². The van der Waals surface area contributed by atoms with Gasteiger partial charge >= 0.3 is 0 Å². The molecule has 0 radical (unpaired) electrons. The molecule has 1 atom stereocenters. The van der Waals surface area contributed by atoms with Crippen molar-refractivity contribution >= 4 is 5.91 Å². The van der Waals surface area contributed by atoms with Gasteiger partial charge in [-0.25, -0.2) is 0 Å². The second kappa shape index (κ2) is 4.34. The molecule has 1 amide bonds. The van der Waals surface area contributed by atoms with Crippen LogP contribution >= 0.6 is 0 Å². The molecule has 1 N–H and O–H groups in total. The monoisotopic (exact) mass is 205 g/mol. The molecule has 0 bridgehead atoms. The zero-order chi connectivity index (χ0) is 10.7. The molecule has 2 rings (SSSR count). The third-order valence-corrected chi connectivity index (χ3v) is 2.83. The van der Waals surface area contributed by atoms with E-state index in [0.717, 1.165) is 18.7 Å². The molecule has 1 unspecified atom stereocenters. The van der Waals surface area contributed by atoms with Gasteiger partial charge in [0.25, 0.3) is 0 Å². The summed E-state index contributed by atoms with van der Waals surface area (Å²) >= 11 is 0. The summed E-state index contributed by atoms with van der Waals surface area (Å²) in [6.07, 6.45) is 1.63. The average molecular weight is 205 g/mol. The van der Waals surface area contributed by atoms with Crippen molar-refractivity contribution < 1.29 is 9.53 Å². The fourth-order valence-corrected chi connectivity index (χ4v) is 1.94. The smallest absolute Gasteiger partial charge is 0.220 e. The van der Waals surface area contributed by atoms with Gasteiger partial charge in [0.15, 0.2) is 0 Å². The number of carbonyl (C=O) groups is 1. The lowest BCUT2D eigenvalue weighted by Crippen LogP contribution is -2.32. The van der Waals surface area contributed by atoms with Crippen LogP contribution in [0.3, 0.4) is 0 Å². The topological polar surface area (TPSA) is 38.3 Å². The minimum Gasteiger partial charge on any atom is -0.497 e. The second-order valence-electron chi connectivity index (χ2n) is 3.81. The van der Waals surface area contributed by atoms with Gasteiger partial charge in [0.05, 0.1) is 7.11 Å². The van der Waals surface area contributed by atoms with Gasteiger partial charge in [-0.15, -0.1) is 0 Å². The molecule has 1 heterocycles. The number of amides is 1. The summed E-state index contributed by atoms with van der Waals surface area (Å²) in [6.45, 7) is 0.787. The molecule has 1 fully saturated rings. The van der Waals surface area contributed by atoms with E-state index in [1.807, 2.05) is 24.3 Å². The summed E-state index contributed by atoms with van der Waals surface area (Å²) in [7, 11) is 1.66. The van der Waals surface area contributed by atoms with Crippen LogP contribution in [-0.2, 0) is 4.79 Å². The van der Waals surface area contributed by atoms with Gasteiger partial charge < -0.3 is 10.1 Å². The highest BCUT2D eigenvalue weighted by atomic mass is 16.5. The van der Waals surface area contributed by atoms with Crippen LogP contribution in [0.4, 0.5) is 0 Å². The molecule has 1 saturated heterocycles. The van der Waals surface area contributed by atoms with Crippen molar-refractivity contribution in [3.8, 4) is 5.75 Å². The van der Waals surface area contributed by atoms with Crippen molar-refractivity contribution in [2.75, 3.05) is 13.7 Å². The maximum atomic E-state index is 11.2. The molecule has 0 aliphatic carbocycles. The molecule has 3 nitrogen and oxygen atoms in total. The van der Waals surface area contributed by atoms with E-state index in [1.54, 1.807) is 7.11 Å². The zero-order valence-electron chi connectivity index (χ0n) is 8.82. The van der Waals surface area contributed by atoms with Crippen LogP contribution in [0, 0.1) is 0 Å². The van der Waals surface area contributed by atoms with Crippen molar-refractivity contribution in [2.45, 2.75) is 18.8 Å². The zero-order valence-corrected chi connectivity index (χ0v) is 8.82. The Morgan fingerprint density at radius 2 is 2.07 bits per heavy atom. The second-order valence-corrected chi connectivity index (χ2v) is 3.81. The summed E-state index contributed by atoms with van der Waals surface area (Å²) in [5.74, 6) is 1.38. The SMILES string of the molecule is COc1ccc(C2CCNC(=O)C2)cc1. The molecular formula is C12H15NO2. The first-order chi connectivity index (χ1) is 7.29. The summed E-state index contributed by atoms with van der Waals surface area (Å²) in [4.78, 5) is 11.2. The Kier molecular flexibility index (Phi) is 2.90. The van der Waals surface area contributed by atoms with Crippen molar-refractivity contribution in [1.82, 2.24) is 5.32 Å². The minimum atomic E-state index is 0.155. The van der Waals surface area contributed by atoms with Crippen molar-refractivity contribution in [1.29, 1.82) is 0 Å². The average Bonchev–Trinajstić information content (AvgIpc) is 2.29. The Labute approximate surface area is 89.4 Å². The highest BCUT2D eigenvalue weighted by molar-refractivity contribution is 5.77. The quantitative estimate of drug-likeness (QED) is 0.797. The largest absolute Gasteiger partial charge is 0.497 e. The molecule has 1 aromatic carbocycles. The maximum absolute atomic E-state index is 11.2. The predicted octanol–water partition coefficient (Wildman–Crippen LogP) is 1.69. The first-order valence-corrected chi connectivity index (χ1v) is 5.20. The third-order valence-electron chi connectivity index (χ3n) is 2.83. The van der Waals surface area contributed by atoms with E-state index in [0.29, 0.717) is 12.3 Å². The number of hydrogen-bond donors (Lipinski definition) is 1. The highest BCUT2D eigenvalue weighted by Crippen LogP contribution is 2.26. The fraction of sp³-hybridized carbons (Fsp3) is 0.417. The number of carbonyl (C=O) groups excluding carboxylic acids is 1. The van der Waals surface area contributed by atoms with Crippen LogP contribution in [0.1, 0.15) is 24.3 Å². The van der Waals surface area contributed by atoms with Crippen LogP contribution in [0.5, 0.6) is 5.75 Å². The molecule has 3 heteroatoms. The predicted molar refractivity (Wildman–Crippen MR) is 58.0 cm³/mol. The lowest BCUT2D eigenvalue weighted by Gasteiger charge is -2.22. The molecule has 0 aromatic heterocycles. The van der Waals surface area contributed by atoms with E-state index < -0.39 is 0 Å². The summed E-state index contributed by atoms with van der Waals surface area (Å²) in [5.41, 5.74) is 1.23. The number of piperidine rings is 1. The van der Waals surface area contributed by atoms with Gasteiger partial charge in [-0.2, -0.15) is 0 Å². The van der Waals surface area contributed by atoms with Gasteiger partial charge in [0.1, 0.15) is 5.75 Å². The Bertz CT molecular complexity index is 345. The van der Waals surface area contributed by atoms with E-state index in [-0.39, 0.29) is 5.91 Å². The Morgan fingerprint density at radius 1 is 1.33 bits per heavy atom. The maximum Gasteiger partial charge on any atom is 0.220 e. The molecule has 0 saturated carbocycles. The molecular weight excluding hydrogens is 190 g/mol. The number of hydrogen-bond acceptors (Lipinski definition) is 2. The minimum absolute atomic E-state index is 0.155. The van der Waals surface area contributed by atoms with Crippen LogP contribution in [-0.4, -0.2) is 19.6 Å². The number of rotatable bonds is 2. The summed E-state index contributed by atoms with van der Waals surface area (Å²) in [6, 6.07) is 7.98. The standard InChI is InChI=1S/C12H15NO2/c1-15-11-4-2-9(3-5-11)10-6-7-13-12(14)8-10/h2-5,10H,6-8H2,1H3,(H,13,14).